The van der Waals surface area contributed by atoms with Gasteiger partial charge in [0.1, 0.15) is 0 Å². The molecule has 0 saturated carbocycles. The summed E-state index contributed by atoms with van der Waals surface area (Å²) in [5.41, 5.74) is 5.38. The van der Waals surface area contributed by atoms with Crippen molar-refractivity contribution in [3.8, 4) is 0 Å². The van der Waals surface area contributed by atoms with E-state index in [9.17, 15) is 9.59 Å². The first-order valence-electron chi connectivity index (χ1n) is 20.0. The number of hydrogen-bond acceptors (Lipinski definition) is 10. The number of nitrogens with one attached hydrogen (secondary N) is 1. The van der Waals surface area contributed by atoms with Crippen LogP contribution in [0.15, 0.2) is 73.3 Å². The standard InChI is InChI=1S/C21H24N6O.C16H14ClN5O.C5H11N/c1-25-17-8-4-3-7-16(17)24-20(25)21(28)27-13-15(14-27)18-19(23-10-9-22-18)26-11-5-2-6-12-26;1-21-12-5-3-2-4-11(12)20-15(21)16(23)22-8-10(9-22)13-14(17)19-7-6-18-13;1-2-4-6-5-3-1/h3-4,7-10,15H,2,5-6,11-14H2,1H3;2-7,10H,8-9H2,1H3;6H,1-5H2. The number of likely N-dealkylation sites (tertiary alicyclic amines) is 2. The van der Waals surface area contributed by atoms with Gasteiger partial charge < -0.3 is 29.2 Å². The van der Waals surface area contributed by atoms with Crippen molar-refractivity contribution in [2.45, 2.75) is 50.4 Å². The summed E-state index contributed by atoms with van der Waals surface area (Å²) in [5.74, 6) is 2.24. The van der Waals surface area contributed by atoms with E-state index in [-0.39, 0.29) is 23.7 Å². The van der Waals surface area contributed by atoms with E-state index in [0.717, 1.165) is 52.4 Å². The maximum Gasteiger partial charge on any atom is 0.289 e. The Hall–Kier alpha value is -5.47. The molecule has 2 amide bonds. The number of rotatable bonds is 5. The van der Waals surface area contributed by atoms with Gasteiger partial charge >= 0.3 is 0 Å². The minimum atomic E-state index is -0.0695. The maximum atomic E-state index is 13.0. The summed E-state index contributed by atoms with van der Waals surface area (Å²) in [7, 11) is 3.76. The zero-order chi connectivity index (χ0) is 39.3. The van der Waals surface area contributed by atoms with Crippen LogP contribution in [0.25, 0.3) is 22.1 Å². The average Bonchev–Trinajstić information content (AvgIpc) is 3.75. The van der Waals surface area contributed by atoms with E-state index in [2.05, 4.69) is 40.1 Å². The Morgan fingerprint density at radius 1 is 0.614 bits per heavy atom. The number of benzene rings is 2. The highest BCUT2D eigenvalue weighted by Crippen LogP contribution is 2.34. The average molecular weight is 789 g/mol. The molecule has 57 heavy (non-hydrogen) atoms. The largest absolute Gasteiger partial charge is 0.355 e. The number of amides is 2. The summed E-state index contributed by atoms with van der Waals surface area (Å²) in [5, 5.41) is 3.69. The van der Waals surface area contributed by atoms with Gasteiger partial charge in [0.2, 0.25) is 0 Å². The molecule has 1 N–H and O–H groups in total. The van der Waals surface area contributed by atoms with Crippen molar-refractivity contribution >= 4 is 51.3 Å². The summed E-state index contributed by atoms with van der Waals surface area (Å²) in [4.78, 5) is 58.1. The Balaban J connectivity index is 0.000000141. The van der Waals surface area contributed by atoms with E-state index in [0.29, 0.717) is 43.0 Å². The highest BCUT2D eigenvalue weighted by atomic mass is 35.5. The molecular formula is C42H49ClN12O2. The predicted molar refractivity (Wildman–Crippen MR) is 221 cm³/mol. The molecule has 6 aromatic rings. The van der Waals surface area contributed by atoms with Gasteiger partial charge in [-0.1, -0.05) is 42.3 Å². The van der Waals surface area contributed by atoms with E-state index in [4.69, 9.17) is 11.6 Å². The number of hydrogen-bond donors (Lipinski definition) is 1. The highest BCUT2D eigenvalue weighted by molar-refractivity contribution is 6.30. The minimum absolute atomic E-state index is 0.0154. The van der Waals surface area contributed by atoms with Crippen molar-refractivity contribution in [3.05, 3.63) is 102 Å². The van der Waals surface area contributed by atoms with Crippen molar-refractivity contribution in [2.24, 2.45) is 14.1 Å². The third-order valence-electron chi connectivity index (χ3n) is 11.3. The number of fused-ring (bicyclic) bond motifs is 2. The van der Waals surface area contributed by atoms with Crippen LogP contribution in [0.3, 0.4) is 0 Å². The Morgan fingerprint density at radius 2 is 1.09 bits per heavy atom. The molecule has 10 rings (SSSR count). The number of piperidine rings is 2. The number of aromatic nitrogens is 8. The van der Waals surface area contributed by atoms with Crippen molar-refractivity contribution in [1.82, 2.24) is 54.2 Å². The molecule has 14 nitrogen and oxygen atoms in total. The minimum Gasteiger partial charge on any atom is -0.355 e. The van der Waals surface area contributed by atoms with Crippen molar-refractivity contribution in [1.29, 1.82) is 0 Å². The molecule has 0 unspecified atom stereocenters. The zero-order valence-corrected chi connectivity index (χ0v) is 33.4. The molecule has 0 spiro atoms. The predicted octanol–water partition coefficient (Wildman–Crippen LogP) is 5.61. The number of imidazole rings is 2. The Kier molecular flexibility index (Phi) is 11.7. The lowest BCUT2D eigenvalue weighted by molar-refractivity contribution is 0.0576. The Labute approximate surface area is 337 Å². The smallest absolute Gasteiger partial charge is 0.289 e. The van der Waals surface area contributed by atoms with Crippen LogP contribution in [0.4, 0.5) is 5.82 Å². The quantitative estimate of drug-likeness (QED) is 0.234. The van der Waals surface area contributed by atoms with E-state index in [1.807, 2.05) is 76.7 Å². The van der Waals surface area contributed by atoms with Gasteiger partial charge in [0, 0.05) is 90.0 Å². The highest BCUT2D eigenvalue weighted by Gasteiger charge is 2.38. The molecule has 4 aliphatic rings. The van der Waals surface area contributed by atoms with E-state index < -0.39 is 0 Å². The first kappa shape index (κ1) is 38.4. The molecular weight excluding hydrogens is 740 g/mol. The fraction of sp³-hybridized carbons (Fsp3) is 0.429. The molecule has 4 fully saturated rings. The van der Waals surface area contributed by atoms with Crippen LogP contribution in [-0.2, 0) is 14.1 Å². The summed E-state index contributed by atoms with van der Waals surface area (Å²) in [6.45, 7) is 7.09. The molecule has 0 radical (unpaired) electrons. The molecule has 4 saturated heterocycles. The number of carbonyl (C=O) groups excluding carboxylic acids is 2. The van der Waals surface area contributed by atoms with Crippen LogP contribution >= 0.6 is 11.6 Å². The van der Waals surface area contributed by atoms with Crippen LogP contribution in [0.5, 0.6) is 0 Å². The lowest BCUT2D eigenvalue weighted by Crippen LogP contribution is -2.50. The van der Waals surface area contributed by atoms with Gasteiger partial charge in [0.15, 0.2) is 22.6 Å². The number of anilines is 1. The molecule has 296 valence electrons. The fourth-order valence-electron chi connectivity index (χ4n) is 7.98. The lowest BCUT2D eigenvalue weighted by atomic mass is 9.95. The molecule has 0 aliphatic carbocycles. The zero-order valence-electron chi connectivity index (χ0n) is 32.6. The van der Waals surface area contributed by atoms with E-state index >= 15 is 0 Å². The maximum absolute atomic E-state index is 13.0. The SMILES string of the molecule is C1CCNCC1.Cn1c(C(=O)N2CC(c3nccnc3Cl)C2)nc2ccccc21.Cn1c(C(=O)N2CC(c3nccnc3N3CCCCC3)C2)nc2ccccc21. The van der Waals surface area contributed by atoms with Gasteiger partial charge in [0.05, 0.1) is 33.5 Å². The fourth-order valence-corrected chi connectivity index (χ4v) is 8.24. The van der Waals surface area contributed by atoms with Gasteiger partial charge in [0.25, 0.3) is 11.8 Å². The first-order valence-corrected chi connectivity index (χ1v) is 20.4. The summed E-state index contributed by atoms with van der Waals surface area (Å²) < 4.78 is 3.72. The van der Waals surface area contributed by atoms with Crippen LogP contribution < -0.4 is 10.2 Å². The lowest BCUT2D eigenvalue weighted by Gasteiger charge is -2.40. The van der Waals surface area contributed by atoms with E-state index in [1.165, 1.54) is 51.6 Å². The second kappa shape index (κ2) is 17.3. The van der Waals surface area contributed by atoms with Crippen molar-refractivity contribution in [3.63, 3.8) is 0 Å². The molecule has 15 heteroatoms. The number of para-hydroxylation sites is 4. The van der Waals surface area contributed by atoms with Gasteiger partial charge in [-0.3, -0.25) is 19.6 Å². The number of carbonyl (C=O) groups is 2. The van der Waals surface area contributed by atoms with Crippen molar-refractivity contribution in [2.75, 3.05) is 57.3 Å². The normalized spacial score (nSPS) is 17.3. The third kappa shape index (κ3) is 8.19. The monoisotopic (exact) mass is 788 g/mol. The van der Waals surface area contributed by atoms with Crippen LogP contribution in [0, 0.1) is 0 Å². The van der Waals surface area contributed by atoms with Gasteiger partial charge in [-0.05, 0) is 69.5 Å². The van der Waals surface area contributed by atoms with Crippen LogP contribution in [0.1, 0.15) is 83.0 Å². The van der Waals surface area contributed by atoms with Crippen LogP contribution in [-0.4, -0.2) is 113 Å². The molecule has 4 aromatic heterocycles. The number of nitrogens with zero attached hydrogens (tertiary/aromatic N) is 11. The summed E-state index contributed by atoms with van der Waals surface area (Å²) in [6, 6.07) is 15.6. The van der Waals surface area contributed by atoms with E-state index in [1.54, 1.807) is 29.7 Å². The Morgan fingerprint density at radius 3 is 1.58 bits per heavy atom. The van der Waals surface area contributed by atoms with Gasteiger partial charge in [-0.15, -0.1) is 0 Å². The molecule has 8 heterocycles. The van der Waals surface area contributed by atoms with Gasteiger partial charge in [-0.25, -0.2) is 19.9 Å². The molecule has 4 aliphatic heterocycles. The second-order valence-electron chi connectivity index (χ2n) is 15.1. The van der Waals surface area contributed by atoms with Crippen LogP contribution in [0.2, 0.25) is 5.15 Å². The summed E-state index contributed by atoms with van der Waals surface area (Å²) >= 11 is 6.06. The molecule has 0 atom stereocenters. The first-order chi connectivity index (χ1) is 27.9. The molecule has 0 bridgehead atoms. The topological polar surface area (TPSA) is 143 Å². The molecule has 2 aromatic carbocycles. The van der Waals surface area contributed by atoms with Crippen molar-refractivity contribution < 1.29 is 9.59 Å². The number of halogens is 1. The third-order valence-corrected chi connectivity index (χ3v) is 11.6. The van der Waals surface area contributed by atoms with Gasteiger partial charge in [-0.2, -0.15) is 0 Å². The second-order valence-corrected chi connectivity index (χ2v) is 15.5. The Bertz CT molecular complexity index is 2330. The summed E-state index contributed by atoms with van der Waals surface area (Å²) in [6.07, 6.45) is 14.6. The number of aryl methyl sites for hydroxylation is 2.